The Kier molecular flexibility index (Phi) is 9.21. The number of hydrogen-bond acceptors (Lipinski definition) is 4. The fraction of sp³-hybridized carbons (Fsp3) is 0.381. The fourth-order valence-corrected chi connectivity index (χ4v) is 5.37. The zero-order valence-electron chi connectivity index (χ0n) is 18.3. The molecule has 6 nitrogen and oxygen atoms in total. The molecule has 0 bridgehead atoms. The van der Waals surface area contributed by atoms with Crippen LogP contribution in [-0.2, 0) is 14.8 Å². The number of aliphatic carboxylic acids is 1. The number of rotatable bonds is 8. The summed E-state index contributed by atoms with van der Waals surface area (Å²) in [5.74, 6) is -0.765. The SMILES string of the molecule is CN1c2ccccc2C(NCCCCCCC(=O)O)c2ccc(Cl)cc2S1(=O)=O.[H-].[Na+]. The minimum atomic E-state index is -3.72. The van der Waals surface area contributed by atoms with E-state index in [1.807, 2.05) is 18.2 Å². The van der Waals surface area contributed by atoms with Gasteiger partial charge in [-0.1, -0.05) is 48.7 Å². The molecule has 0 aromatic heterocycles. The van der Waals surface area contributed by atoms with Crippen LogP contribution in [-0.4, -0.2) is 33.1 Å². The zero-order valence-corrected chi connectivity index (χ0v) is 20.8. The molecule has 1 aliphatic heterocycles. The number of halogens is 1. The Labute approximate surface area is 206 Å². The topological polar surface area (TPSA) is 86.7 Å². The predicted octanol–water partition coefficient (Wildman–Crippen LogP) is 1.31. The van der Waals surface area contributed by atoms with Gasteiger partial charge in [0.15, 0.2) is 0 Å². The second kappa shape index (κ2) is 11.0. The standard InChI is InChI=1S/C21H25ClN2O4S.Na.H/c1-24-18-9-6-5-8-16(18)21(23-13-7-3-2-4-10-20(25)26)17-12-11-15(22)14-19(17)29(24,27)28;;/h5-6,8-9,11-12,14,21,23H,2-4,7,10,13H2,1H3,(H,25,26);;/q;+1;-1. The average Bonchev–Trinajstić information content (AvgIpc) is 2.75. The van der Waals surface area contributed by atoms with E-state index < -0.39 is 16.0 Å². The van der Waals surface area contributed by atoms with Crippen LogP contribution < -0.4 is 39.2 Å². The van der Waals surface area contributed by atoms with Gasteiger partial charge in [-0.05, 0) is 48.7 Å². The molecule has 30 heavy (non-hydrogen) atoms. The van der Waals surface area contributed by atoms with Gasteiger partial charge >= 0.3 is 35.5 Å². The molecule has 2 aromatic carbocycles. The number of benzene rings is 2. The van der Waals surface area contributed by atoms with Crippen molar-refractivity contribution >= 4 is 33.3 Å². The van der Waals surface area contributed by atoms with Crippen molar-refractivity contribution in [3.8, 4) is 0 Å². The summed E-state index contributed by atoms with van der Waals surface area (Å²) in [6.45, 7) is 0.692. The van der Waals surface area contributed by atoms with E-state index in [2.05, 4.69) is 5.32 Å². The van der Waals surface area contributed by atoms with Crippen LogP contribution in [0, 0.1) is 0 Å². The molecule has 1 heterocycles. The molecule has 0 saturated carbocycles. The normalized spacial score (nSPS) is 16.7. The Balaban J connectivity index is 0.00000240. The van der Waals surface area contributed by atoms with Crippen LogP contribution >= 0.6 is 11.6 Å². The van der Waals surface area contributed by atoms with E-state index in [0.29, 0.717) is 29.2 Å². The molecule has 1 aliphatic rings. The van der Waals surface area contributed by atoms with Crippen LogP contribution in [0.1, 0.15) is 50.7 Å². The van der Waals surface area contributed by atoms with Gasteiger partial charge in [-0.2, -0.15) is 0 Å². The summed E-state index contributed by atoms with van der Waals surface area (Å²) in [5.41, 5.74) is 2.21. The summed E-state index contributed by atoms with van der Waals surface area (Å²) in [7, 11) is -2.16. The minimum Gasteiger partial charge on any atom is -1.00 e. The number of nitrogens with one attached hydrogen (secondary N) is 1. The van der Waals surface area contributed by atoms with Crippen molar-refractivity contribution in [2.45, 2.75) is 43.0 Å². The van der Waals surface area contributed by atoms with Gasteiger partial charge < -0.3 is 11.8 Å². The third-order valence-electron chi connectivity index (χ3n) is 5.18. The number of carboxylic acid groups (broad SMARTS) is 1. The van der Waals surface area contributed by atoms with Crippen LogP contribution in [0.4, 0.5) is 5.69 Å². The third kappa shape index (κ3) is 5.58. The van der Waals surface area contributed by atoms with Crippen molar-refractivity contribution in [3.63, 3.8) is 0 Å². The zero-order chi connectivity index (χ0) is 21.0. The summed E-state index contributed by atoms with van der Waals surface area (Å²) in [4.78, 5) is 10.8. The molecule has 158 valence electrons. The molecule has 0 saturated heterocycles. The van der Waals surface area contributed by atoms with Gasteiger partial charge in [0.05, 0.1) is 16.6 Å². The van der Waals surface area contributed by atoms with E-state index in [1.165, 1.54) is 10.4 Å². The first kappa shape index (κ1) is 25.2. The van der Waals surface area contributed by atoms with Crippen LogP contribution in [0.15, 0.2) is 47.4 Å². The Morgan fingerprint density at radius 2 is 1.83 bits per heavy atom. The van der Waals surface area contributed by atoms with E-state index >= 15 is 0 Å². The number of carboxylic acids is 1. The fourth-order valence-electron chi connectivity index (χ4n) is 3.65. The van der Waals surface area contributed by atoms with Gasteiger partial charge in [0.25, 0.3) is 10.0 Å². The molecular weight excluding hydrogens is 435 g/mol. The number of sulfonamides is 1. The van der Waals surface area contributed by atoms with Gasteiger partial charge in [-0.25, -0.2) is 8.42 Å². The Bertz CT molecular complexity index is 1010. The Morgan fingerprint density at radius 1 is 1.13 bits per heavy atom. The summed E-state index contributed by atoms with van der Waals surface area (Å²) in [6, 6.07) is 12.2. The second-order valence-electron chi connectivity index (χ2n) is 7.16. The smallest absolute Gasteiger partial charge is 1.00 e. The van der Waals surface area contributed by atoms with Crippen LogP contribution in [0.2, 0.25) is 5.02 Å². The van der Waals surface area contributed by atoms with Crippen molar-refractivity contribution < 1.29 is 49.3 Å². The molecular formula is C21H26ClN2NaO4S. The van der Waals surface area contributed by atoms with Crippen LogP contribution in [0.3, 0.4) is 0 Å². The Morgan fingerprint density at radius 3 is 2.57 bits per heavy atom. The number of unbranched alkanes of at least 4 members (excludes halogenated alkanes) is 3. The van der Waals surface area contributed by atoms with Crippen LogP contribution in [0.25, 0.3) is 0 Å². The van der Waals surface area contributed by atoms with E-state index in [-0.39, 0.29) is 48.3 Å². The van der Waals surface area contributed by atoms with Crippen molar-refractivity contribution in [2.24, 2.45) is 0 Å². The van der Waals surface area contributed by atoms with E-state index in [4.69, 9.17) is 16.7 Å². The number of fused-ring (bicyclic) bond motifs is 2. The predicted molar refractivity (Wildman–Crippen MR) is 115 cm³/mol. The number of carbonyl (C=O) groups is 1. The average molecular weight is 461 g/mol. The summed E-state index contributed by atoms with van der Waals surface area (Å²) in [6.07, 6.45) is 3.52. The number of hydrogen-bond donors (Lipinski definition) is 2. The number of anilines is 1. The van der Waals surface area contributed by atoms with E-state index in [9.17, 15) is 13.2 Å². The molecule has 1 unspecified atom stereocenters. The second-order valence-corrected chi connectivity index (χ2v) is 9.53. The van der Waals surface area contributed by atoms with Crippen molar-refractivity contribution in [1.82, 2.24) is 5.32 Å². The van der Waals surface area contributed by atoms with Gasteiger partial charge in [-0.3, -0.25) is 9.10 Å². The molecule has 0 amide bonds. The first-order valence-corrected chi connectivity index (χ1v) is 11.5. The van der Waals surface area contributed by atoms with Crippen molar-refractivity contribution in [3.05, 3.63) is 58.6 Å². The molecule has 2 N–H and O–H groups in total. The van der Waals surface area contributed by atoms with Crippen molar-refractivity contribution in [1.29, 1.82) is 0 Å². The maximum atomic E-state index is 13.2. The van der Waals surface area contributed by atoms with Crippen molar-refractivity contribution in [2.75, 3.05) is 17.9 Å². The van der Waals surface area contributed by atoms with Gasteiger partial charge in [0.1, 0.15) is 0 Å². The Hall–Kier alpha value is -1.09. The summed E-state index contributed by atoms with van der Waals surface area (Å²) >= 11 is 6.12. The maximum Gasteiger partial charge on any atom is 1.00 e. The van der Waals surface area contributed by atoms with Gasteiger partial charge in [0, 0.05) is 18.5 Å². The molecule has 0 aliphatic carbocycles. The number of nitrogens with zero attached hydrogens (tertiary/aromatic N) is 1. The first-order chi connectivity index (χ1) is 13.8. The van der Waals surface area contributed by atoms with Crippen LogP contribution in [0.5, 0.6) is 0 Å². The molecule has 9 heteroatoms. The summed E-state index contributed by atoms with van der Waals surface area (Å²) < 4.78 is 27.7. The molecule has 3 rings (SSSR count). The largest absolute Gasteiger partial charge is 1.00 e. The maximum absolute atomic E-state index is 13.2. The first-order valence-electron chi connectivity index (χ1n) is 9.65. The molecule has 2 aromatic rings. The molecule has 1 atom stereocenters. The van der Waals surface area contributed by atoms with E-state index in [1.54, 1.807) is 25.2 Å². The molecule has 0 radical (unpaired) electrons. The molecule has 0 spiro atoms. The van der Waals surface area contributed by atoms with Gasteiger partial charge in [-0.15, -0.1) is 0 Å². The van der Waals surface area contributed by atoms with Gasteiger partial charge in [0.2, 0.25) is 0 Å². The monoisotopic (exact) mass is 460 g/mol. The summed E-state index contributed by atoms with van der Waals surface area (Å²) in [5, 5.41) is 12.6. The number of para-hydroxylation sites is 1. The third-order valence-corrected chi connectivity index (χ3v) is 7.24. The minimum absolute atomic E-state index is 0. The molecule has 0 fully saturated rings. The quantitative estimate of drug-likeness (QED) is 0.458. The van der Waals surface area contributed by atoms with E-state index in [0.717, 1.165) is 24.8 Å².